The van der Waals surface area contributed by atoms with Crippen LogP contribution < -0.4 is 10.1 Å². The van der Waals surface area contributed by atoms with Gasteiger partial charge in [-0.25, -0.2) is 0 Å². The number of halogens is 2. The highest BCUT2D eigenvalue weighted by Gasteiger charge is 2.13. The van der Waals surface area contributed by atoms with Crippen molar-refractivity contribution in [2.75, 3.05) is 5.32 Å². The number of ether oxygens (including phenoxy) is 1. The highest BCUT2D eigenvalue weighted by molar-refractivity contribution is 6.35. The second kappa shape index (κ2) is 10.6. The number of nitrogens with one attached hydrogen (secondary N) is 1. The van der Waals surface area contributed by atoms with E-state index in [1.165, 1.54) is 0 Å². The highest BCUT2D eigenvalue weighted by atomic mass is 35.5. The minimum atomic E-state index is -0.447. The molecule has 0 aliphatic carbocycles. The lowest BCUT2D eigenvalue weighted by Gasteiger charge is -2.14. The molecule has 0 aromatic heterocycles. The normalized spacial score (nSPS) is 11.1. The molecule has 0 atom stereocenters. The first-order chi connectivity index (χ1) is 15.7. The molecule has 33 heavy (non-hydrogen) atoms. The van der Waals surface area contributed by atoms with Crippen LogP contribution in [0, 0.1) is 39.0 Å². The molecule has 1 amide bonds. The molecule has 0 spiro atoms. The Morgan fingerprint density at radius 3 is 2.30 bits per heavy atom. The second-order valence-corrected chi connectivity index (χ2v) is 8.79. The Labute approximate surface area is 204 Å². The van der Waals surface area contributed by atoms with Crippen LogP contribution in [0.15, 0.2) is 54.1 Å². The quantitative estimate of drug-likeness (QED) is 0.297. The van der Waals surface area contributed by atoms with Gasteiger partial charge in [0, 0.05) is 21.3 Å². The summed E-state index contributed by atoms with van der Waals surface area (Å²) in [6.07, 6.45) is 1.58. The number of benzene rings is 3. The van der Waals surface area contributed by atoms with Crippen LogP contribution in [0.2, 0.25) is 10.0 Å². The summed E-state index contributed by atoms with van der Waals surface area (Å²) in [5.74, 6) is 0.286. The Morgan fingerprint density at radius 1 is 1.00 bits per heavy atom. The van der Waals surface area contributed by atoms with E-state index in [1.54, 1.807) is 18.2 Å². The number of carbonyl (C=O) groups is 1. The number of nitrogens with zero attached hydrogens (tertiary/aromatic N) is 1. The van der Waals surface area contributed by atoms with Gasteiger partial charge in [0.2, 0.25) is 0 Å². The second-order valence-electron chi connectivity index (χ2n) is 7.95. The molecular formula is C27H24Cl2N2O2. The van der Waals surface area contributed by atoms with Crippen molar-refractivity contribution in [3.05, 3.63) is 97.5 Å². The Balaban J connectivity index is 1.79. The van der Waals surface area contributed by atoms with Crippen LogP contribution in [0.4, 0.5) is 5.69 Å². The van der Waals surface area contributed by atoms with Crippen molar-refractivity contribution in [1.82, 2.24) is 0 Å². The molecule has 0 saturated heterocycles. The molecule has 0 saturated carbocycles. The maximum Gasteiger partial charge on any atom is 0.266 e. The minimum absolute atomic E-state index is 0.0235. The lowest BCUT2D eigenvalue weighted by Crippen LogP contribution is -2.14. The van der Waals surface area contributed by atoms with Crippen LogP contribution in [0.25, 0.3) is 6.08 Å². The van der Waals surface area contributed by atoms with Gasteiger partial charge in [0.1, 0.15) is 24.0 Å². The van der Waals surface area contributed by atoms with Crippen molar-refractivity contribution in [3.8, 4) is 11.8 Å². The van der Waals surface area contributed by atoms with Crippen LogP contribution in [-0.2, 0) is 11.4 Å². The van der Waals surface area contributed by atoms with Crippen LogP contribution in [0.1, 0.15) is 33.4 Å². The molecule has 0 heterocycles. The fraction of sp³-hybridized carbons (Fsp3) is 0.185. The van der Waals surface area contributed by atoms with E-state index >= 15 is 0 Å². The van der Waals surface area contributed by atoms with E-state index in [2.05, 4.69) is 5.32 Å². The van der Waals surface area contributed by atoms with E-state index in [0.29, 0.717) is 22.3 Å². The van der Waals surface area contributed by atoms with Gasteiger partial charge in [-0.3, -0.25) is 4.79 Å². The summed E-state index contributed by atoms with van der Waals surface area (Å²) in [7, 11) is 0. The van der Waals surface area contributed by atoms with Gasteiger partial charge in [-0.15, -0.1) is 0 Å². The zero-order chi connectivity index (χ0) is 24.1. The molecule has 3 rings (SSSR count). The molecule has 6 heteroatoms. The minimum Gasteiger partial charge on any atom is -0.488 e. The third kappa shape index (κ3) is 6.16. The molecule has 0 unspecified atom stereocenters. The fourth-order valence-electron chi connectivity index (χ4n) is 3.54. The van der Waals surface area contributed by atoms with Crippen molar-refractivity contribution in [2.24, 2.45) is 0 Å². The summed E-state index contributed by atoms with van der Waals surface area (Å²) in [5, 5.41) is 13.5. The van der Waals surface area contributed by atoms with E-state index in [1.807, 2.05) is 70.2 Å². The van der Waals surface area contributed by atoms with Gasteiger partial charge in [-0.2, -0.15) is 5.26 Å². The van der Waals surface area contributed by atoms with Crippen molar-refractivity contribution >= 4 is 40.9 Å². The summed E-state index contributed by atoms with van der Waals surface area (Å²) in [5.41, 5.74) is 6.10. The van der Waals surface area contributed by atoms with Crippen LogP contribution >= 0.6 is 23.2 Å². The topological polar surface area (TPSA) is 62.1 Å². The van der Waals surface area contributed by atoms with Crippen molar-refractivity contribution < 1.29 is 9.53 Å². The zero-order valence-corrected chi connectivity index (χ0v) is 20.4. The summed E-state index contributed by atoms with van der Waals surface area (Å²) < 4.78 is 6.02. The maximum absolute atomic E-state index is 12.7. The van der Waals surface area contributed by atoms with Crippen molar-refractivity contribution in [2.45, 2.75) is 34.3 Å². The first-order valence-corrected chi connectivity index (χ1v) is 11.1. The number of hydrogen-bond donors (Lipinski definition) is 1. The Kier molecular flexibility index (Phi) is 7.81. The SMILES string of the molecule is Cc1ccc(NC(=O)/C(C#N)=C/c2cc(C)c(OCc3ccc(Cl)cc3Cl)c(C)c2)c(C)c1. The van der Waals surface area contributed by atoms with E-state index in [0.717, 1.165) is 39.1 Å². The molecule has 4 nitrogen and oxygen atoms in total. The largest absolute Gasteiger partial charge is 0.488 e. The summed E-state index contributed by atoms with van der Waals surface area (Å²) in [4.78, 5) is 12.7. The average molecular weight is 479 g/mol. The van der Waals surface area contributed by atoms with Gasteiger partial charge in [0.05, 0.1) is 0 Å². The summed E-state index contributed by atoms with van der Waals surface area (Å²) in [6.45, 7) is 8.05. The Morgan fingerprint density at radius 2 is 1.70 bits per heavy atom. The number of rotatable bonds is 6. The number of anilines is 1. The highest BCUT2D eigenvalue weighted by Crippen LogP contribution is 2.29. The molecule has 0 radical (unpaired) electrons. The van der Waals surface area contributed by atoms with E-state index in [4.69, 9.17) is 27.9 Å². The molecule has 1 N–H and O–H groups in total. The van der Waals surface area contributed by atoms with E-state index in [-0.39, 0.29) is 5.57 Å². The molecule has 0 aliphatic rings. The first-order valence-electron chi connectivity index (χ1n) is 10.4. The third-order valence-corrected chi connectivity index (χ3v) is 5.76. The molecular weight excluding hydrogens is 455 g/mol. The van der Waals surface area contributed by atoms with Gasteiger partial charge in [0.15, 0.2) is 0 Å². The van der Waals surface area contributed by atoms with E-state index < -0.39 is 5.91 Å². The van der Waals surface area contributed by atoms with E-state index in [9.17, 15) is 10.1 Å². The fourth-order valence-corrected chi connectivity index (χ4v) is 4.01. The molecule has 0 bridgehead atoms. The Hall–Kier alpha value is -3.26. The number of amides is 1. The monoisotopic (exact) mass is 478 g/mol. The number of carbonyl (C=O) groups excluding carboxylic acids is 1. The lowest BCUT2D eigenvalue weighted by atomic mass is 10.0. The van der Waals surface area contributed by atoms with Crippen LogP contribution in [-0.4, -0.2) is 5.91 Å². The number of nitriles is 1. The maximum atomic E-state index is 12.7. The molecule has 3 aromatic carbocycles. The predicted octanol–water partition coefficient (Wildman–Crippen LogP) is 7.35. The first kappa shape index (κ1) is 24.4. The number of hydrogen-bond acceptors (Lipinski definition) is 3. The van der Waals surface area contributed by atoms with Gasteiger partial charge in [0.25, 0.3) is 5.91 Å². The predicted molar refractivity (Wildman–Crippen MR) is 135 cm³/mol. The van der Waals surface area contributed by atoms with Gasteiger partial charge < -0.3 is 10.1 Å². The summed E-state index contributed by atoms with van der Waals surface area (Å²) >= 11 is 12.2. The van der Waals surface area contributed by atoms with Gasteiger partial charge >= 0.3 is 0 Å². The van der Waals surface area contributed by atoms with Crippen molar-refractivity contribution in [1.29, 1.82) is 5.26 Å². The number of aryl methyl sites for hydroxylation is 4. The smallest absolute Gasteiger partial charge is 0.266 e. The van der Waals surface area contributed by atoms with Gasteiger partial charge in [-0.05, 0) is 86.4 Å². The molecule has 3 aromatic rings. The third-order valence-electron chi connectivity index (χ3n) is 5.18. The van der Waals surface area contributed by atoms with Crippen LogP contribution in [0.3, 0.4) is 0 Å². The van der Waals surface area contributed by atoms with Gasteiger partial charge in [-0.1, -0.05) is 47.0 Å². The Bertz CT molecular complexity index is 1270. The zero-order valence-electron chi connectivity index (χ0n) is 18.9. The lowest BCUT2D eigenvalue weighted by molar-refractivity contribution is -0.112. The summed E-state index contributed by atoms with van der Waals surface area (Å²) in [6, 6.07) is 16.8. The van der Waals surface area contributed by atoms with Crippen LogP contribution in [0.5, 0.6) is 5.75 Å². The molecule has 168 valence electrons. The molecule has 0 fully saturated rings. The average Bonchev–Trinajstić information content (AvgIpc) is 2.74. The van der Waals surface area contributed by atoms with Crippen molar-refractivity contribution in [3.63, 3.8) is 0 Å². The standard InChI is InChI=1S/C27H24Cl2N2O2/c1-16-5-8-25(17(2)9-16)31-27(32)22(14-30)12-20-10-18(3)26(19(4)11-20)33-15-21-6-7-23(28)13-24(21)29/h5-13H,15H2,1-4H3,(H,31,32)/b22-12+. The molecule has 0 aliphatic heterocycles.